The zero-order valence-electron chi connectivity index (χ0n) is 12.4. The van der Waals surface area contributed by atoms with Crippen LogP contribution in [-0.2, 0) is 14.8 Å². The van der Waals surface area contributed by atoms with Gasteiger partial charge in [0.2, 0.25) is 15.9 Å². The van der Waals surface area contributed by atoms with Crippen molar-refractivity contribution in [3.8, 4) is 0 Å². The van der Waals surface area contributed by atoms with Crippen LogP contribution in [0.3, 0.4) is 0 Å². The van der Waals surface area contributed by atoms with Crippen LogP contribution in [0.1, 0.15) is 40.5 Å². The van der Waals surface area contributed by atoms with E-state index in [0.717, 1.165) is 6.42 Å². The Balaban J connectivity index is 2.96. The van der Waals surface area contributed by atoms with Gasteiger partial charge in [0.15, 0.2) is 0 Å². The predicted molar refractivity (Wildman–Crippen MR) is 80.1 cm³/mol. The number of carbonyl (C=O) groups is 1. The molecule has 5 nitrogen and oxygen atoms in total. The van der Waals surface area contributed by atoms with E-state index in [2.05, 4.69) is 10.0 Å². The van der Waals surface area contributed by atoms with Gasteiger partial charge in [-0.15, -0.1) is 0 Å². The molecule has 0 atom stereocenters. The maximum Gasteiger partial charge on any atom is 0.241 e. The summed E-state index contributed by atoms with van der Waals surface area (Å²) in [5.41, 5.74) is -0.0689. The summed E-state index contributed by atoms with van der Waals surface area (Å²) in [4.78, 5) is 11.7. The normalized spacial score (nSPS) is 12.2. The van der Waals surface area contributed by atoms with Gasteiger partial charge in [-0.2, -0.15) is 0 Å². The van der Waals surface area contributed by atoms with Gasteiger partial charge in [-0.3, -0.25) is 4.79 Å². The van der Waals surface area contributed by atoms with Crippen LogP contribution in [0, 0.1) is 0 Å². The zero-order chi connectivity index (χ0) is 15.4. The van der Waals surface area contributed by atoms with Crippen molar-refractivity contribution in [3.05, 3.63) is 24.3 Å². The molecule has 0 aliphatic rings. The molecule has 0 radical (unpaired) electrons. The molecule has 0 aliphatic carbocycles. The van der Waals surface area contributed by atoms with E-state index in [9.17, 15) is 13.2 Å². The minimum atomic E-state index is -3.59. The highest BCUT2D eigenvalue weighted by Gasteiger charge is 2.22. The Bertz CT molecular complexity index is 574. The highest BCUT2D eigenvalue weighted by Crippen LogP contribution is 2.17. The van der Waals surface area contributed by atoms with E-state index < -0.39 is 15.6 Å². The number of benzene rings is 1. The molecule has 1 aromatic carbocycles. The second kappa shape index (κ2) is 6.37. The number of amides is 1. The molecule has 1 rings (SSSR count). The number of rotatable bonds is 5. The fraction of sp³-hybridized carbons (Fsp3) is 0.500. The van der Waals surface area contributed by atoms with Crippen molar-refractivity contribution in [1.29, 1.82) is 0 Å². The number of hydrogen-bond donors (Lipinski definition) is 2. The third-order valence-electron chi connectivity index (χ3n) is 2.35. The molecule has 0 saturated carbocycles. The zero-order valence-corrected chi connectivity index (χ0v) is 13.2. The first-order valence-corrected chi connectivity index (χ1v) is 8.06. The molecule has 0 heterocycles. The van der Waals surface area contributed by atoms with Crippen LogP contribution < -0.4 is 10.0 Å². The summed E-state index contributed by atoms with van der Waals surface area (Å²) in [5.74, 6) is -0.120. The van der Waals surface area contributed by atoms with Crippen LogP contribution >= 0.6 is 0 Å². The van der Waals surface area contributed by atoms with Crippen molar-refractivity contribution in [1.82, 2.24) is 4.72 Å². The molecule has 0 aliphatic heterocycles. The SMILES string of the molecule is CCCC(=O)Nc1cccc(S(=O)(=O)NC(C)(C)C)c1. The van der Waals surface area contributed by atoms with E-state index in [1.807, 2.05) is 6.92 Å². The fourth-order valence-corrected chi connectivity index (χ4v) is 3.12. The molecule has 6 heteroatoms. The van der Waals surface area contributed by atoms with Gasteiger partial charge in [-0.25, -0.2) is 13.1 Å². The van der Waals surface area contributed by atoms with Crippen LogP contribution in [0.4, 0.5) is 5.69 Å². The second-order valence-electron chi connectivity index (χ2n) is 5.68. The summed E-state index contributed by atoms with van der Waals surface area (Å²) >= 11 is 0. The van der Waals surface area contributed by atoms with E-state index >= 15 is 0 Å². The molecule has 112 valence electrons. The lowest BCUT2D eigenvalue weighted by Crippen LogP contribution is -2.40. The number of nitrogens with one attached hydrogen (secondary N) is 2. The summed E-state index contributed by atoms with van der Waals surface area (Å²) in [6.07, 6.45) is 1.16. The maximum atomic E-state index is 12.2. The lowest BCUT2D eigenvalue weighted by molar-refractivity contribution is -0.116. The summed E-state index contributed by atoms with van der Waals surface area (Å²) in [7, 11) is -3.59. The smallest absolute Gasteiger partial charge is 0.241 e. The first-order valence-electron chi connectivity index (χ1n) is 6.58. The summed E-state index contributed by atoms with van der Waals surface area (Å²) in [6, 6.07) is 6.24. The van der Waals surface area contributed by atoms with E-state index in [1.165, 1.54) is 12.1 Å². The molecule has 0 spiro atoms. The Morgan fingerprint density at radius 2 is 1.90 bits per heavy atom. The Kier molecular flexibility index (Phi) is 5.30. The first kappa shape index (κ1) is 16.7. The second-order valence-corrected chi connectivity index (χ2v) is 7.36. The van der Waals surface area contributed by atoms with Gasteiger partial charge in [-0.05, 0) is 45.4 Å². The molecular weight excluding hydrogens is 276 g/mol. The standard InChI is InChI=1S/C14H22N2O3S/c1-5-7-13(17)15-11-8-6-9-12(10-11)20(18,19)16-14(2,3)4/h6,8-10,16H,5,7H2,1-4H3,(H,15,17). The summed E-state index contributed by atoms with van der Waals surface area (Å²) in [6.45, 7) is 7.24. The maximum absolute atomic E-state index is 12.2. The van der Waals surface area contributed by atoms with Gasteiger partial charge in [0, 0.05) is 17.6 Å². The molecule has 0 fully saturated rings. The Labute approximate surface area is 120 Å². The molecule has 0 bridgehead atoms. The lowest BCUT2D eigenvalue weighted by atomic mass is 10.1. The highest BCUT2D eigenvalue weighted by molar-refractivity contribution is 7.89. The molecule has 1 aromatic rings. The number of sulfonamides is 1. The van der Waals surface area contributed by atoms with Crippen LogP contribution in [0.2, 0.25) is 0 Å². The quantitative estimate of drug-likeness (QED) is 0.877. The van der Waals surface area contributed by atoms with Crippen molar-refractivity contribution in [3.63, 3.8) is 0 Å². The highest BCUT2D eigenvalue weighted by atomic mass is 32.2. The van der Waals surface area contributed by atoms with Crippen molar-refractivity contribution < 1.29 is 13.2 Å². The molecular formula is C14H22N2O3S. The molecule has 0 saturated heterocycles. The van der Waals surface area contributed by atoms with Gasteiger partial charge in [0.25, 0.3) is 0 Å². The lowest BCUT2D eigenvalue weighted by Gasteiger charge is -2.20. The minimum absolute atomic E-state index is 0.120. The monoisotopic (exact) mass is 298 g/mol. The molecule has 20 heavy (non-hydrogen) atoms. The Morgan fingerprint density at radius 3 is 2.45 bits per heavy atom. The topological polar surface area (TPSA) is 75.3 Å². The first-order chi connectivity index (χ1) is 9.14. The molecule has 0 unspecified atom stereocenters. The van der Waals surface area contributed by atoms with E-state index in [4.69, 9.17) is 0 Å². The van der Waals surface area contributed by atoms with Crippen LogP contribution in [-0.4, -0.2) is 19.9 Å². The summed E-state index contributed by atoms with van der Waals surface area (Å²) < 4.78 is 27.0. The van der Waals surface area contributed by atoms with Gasteiger partial charge in [0.1, 0.15) is 0 Å². The molecule has 0 aromatic heterocycles. The third kappa shape index (κ3) is 5.30. The molecule has 1 amide bonds. The number of anilines is 1. The number of carbonyl (C=O) groups excluding carboxylic acids is 1. The van der Waals surface area contributed by atoms with Gasteiger partial charge >= 0.3 is 0 Å². The van der Waals surface area contributed by atoms with Gasteiger partial charge in [0.05, 0.1) is 4.90 Å². The van der Waals surface area contributed by atoms with Crippen molar-refractivity contribution >= 4 is 21.6 Å². The van der Waals surface area contributed by atoms with Crippen LogP contribution in [0.15, 0.2) is 29.2 Å². The van der Waals surface area contributed by atoms with Crippen molar-refractivity contribution in [2.24, 2.45) is 0 Å². The van der Waals surface area contributed by atoms with Crippen molar-refractivity contribution in [2.75, 3.05) is 5.32 Å². The number of hydrogen-bond acceptors (Lipinski definition) is 3. The minimum Gasteiger partial charge on any atom is -0.326 e. The largest absolute Gasteiger partial charge is 0.326 e. The van der Waals surface area contributed by atoms with E-state index in [-0.39, 0.29) is 10.8 Å². The molecule has 2 N–H and O–H groups in total. The predicted octanol–water partition coefficient (Wildman–Crippen LogP) is 2.50. The Morgan fingerprint density at radius 1 is 1.25 bits per heavy atom. The van der Waals surface area contributed by atoms with Crippen molar-refractivity contribution in [2.45, 2.75) is 51.0 Å². The van der Waals surface area contributed by atoms with E-state index in [1.54, 1.807) is 32.9 Å². The van der Waals surface area contributed by atoms with Crippen LogP contribution in [0.5, 0.6) is 0 Å². The van der Waals surface area contributed by atoms with Crippen LogP contribution in [0.25, 0.3) is 0 Å². The van der Waals surface area contributed by atoms with E-state index in [0.29, 0.717) is 12.1 Å². The third-order valence-corrected chi connectivity index (χ3v) is 4.10. The van der Waals surface area contributed by atoms with Gasteiger partial charge < -0.3 is 5.32 Å². The van der Waals surface area contributed by atoms with Gasteiger partial charge in [-0.1, -0.05) is 13.0 Å². The fourth-order valence-electron chi connectivity index (χ4n) is 1.65. The average molecular weight is 298 g/mol. The summed E-state index contributed by atoms with van der Waals surface area (Å²) in [5, 5.41) is 2.69. The Hall–Kier alpha value is -1.40. The average Bonchev–Trinajstić information content (AvgIpc) is 2.26.